The monoisotopic (exact) mass is 477 g/mol. The third kappa shape index (κ3) is 5.47. The van der Waals surface area contributed by atoms with Crippen molar-refractivity contribution in [3.63, 3.8) is 0 Å². The molecule has 178 valence electrons. The molecule has 1 saturated heterocycles. The molecule has 0 spiro atoms. The zero-order valence-electron chi connectivity index (χ0n) is 19.9. The number of piperidine rings is 1. The fraction of sp³-hybridized carbons (Fsp3) is 0.370. The summed E-state index contributed by atoms with van der Waals surface area (Å²) in [6, 6.07) is 15.5. The summed E-state index contributed by atoms with van der Waals surface area (Å²) in [6.45, 7) is 3.42. The first-order chi connectivity index (χ1) is 16.5. The average Bonchev–Trinajstić information content (AvgIpc) is 3.33. The molecular weight excluding hydrogens is 446 g/mol. The molecular formula is C27H31N3O3S. The largest absolute Gasteiger partial charge is 0.497 e. The van der Waals surface area contributed by atoms with Crippen molar-refractivity contribution in [1.82, 2.24) is 14.8 Å². The van der Waals surface area contributed by atoms with Crippen LogP contribution in [-0.4, -0.2) is 59.9 Å². The van der Waals surface area contributed by atoms with Crippen LogP contribution in [0.25, 0.3) is 0 Å². The molecule has 2 aromatic heterocycles. The highest BCUT2D eigenvalue weighted by Gasteiger charge is 2.33. The number of nitrogens with zero attached hydrogens (tertiary/aromatic N) is 3. The van der Waals surface area contributed by atoms with Crippen molar-refractivity contribution in [3.05, 3.63) is 81.8 Å². The van der Waals surface area contributed by atoms with E-state index in [4.69, 9.17) is 4.74 Å². The van der Waals surface area contributed by atoms with E-state index in [2.05, 4.69) is 11.1 Å². The van der Waals surface area contributed by atoms with Crippen molar-refractivity contribution in [3.8, 4) is 5.75 Å². The summed E-state index contributed by atoms with van der Waals surface area (Å²) in [5, 5.41) is 0. The van der Waals surface area contributed by atoms with E-state index in [1.165, 1.54) is 0 Å². The number of aryl methyl sites for hydroxylation is 1. The molecule has 1 aromatic carbocycles. The van der Waals surface area contributed by atoms with Crippen LogP contribution in [-0.2, 0) is 6.42 Å². The Balaban J connectivity index is 1.51. The van der Waals surface area contributed by atoms with E-state index in [1.807, 2.05) is 54.1 Å². The number of pyridine rings is 1. The normalized spacial score (nSPS) is 15.1. The Morgan fingerprint density at radius 2 is 1.97 bits per heavy atom. The standard InChI is InChI=1S/C27H31N3O3S/c1-19-9-10-25(34-19)27(32)30-14-11-21(12-15-30)24(17-20-6-4-8-23(16-20)33-3)29(2)26(31)22-7-5-13-28-18-22/h4-10,13,16,18,21,24H,11-12,14-15,17H2,1-3H3. The minimum atomic E-state index is -0.0337. The van der Waals surface area contributed by atoms with Gasteiger partial charge in [0.15, 0.2) is 0 Å². The zero-order chi connectivity index (χ0) is 24.1. The molecule has 1 aliphatic rings. The Morgan fingerprint density at radius 1 is 1.18 bits per heavy atom. The number of hydrogen-bond acceptors (Lipinski definition) is 5. The minimum Gasteiger partial charge on any atom is -0.497 e. The lowest BCUT2D eigenvalue weighted by Crippen LogP contribution is -2.48. The molecule has 1 fully saturated rings. The number of carbonyl (C=O) groups is 2. The van der Waals surface area contributed by atoms with E-state index in [0.29, 0.717) is 18.7 Å². The SMILES string of the molecule is COc1cccc(CC(C2CCN(C(=O)c3ccc(C)s3)CC2)N(C)C(=O)c2cccnc2)c1. The van der Waals surface area contributed by atoms with Crippen molar-refractivity contribution in [1.29, 1.82) is 0 Å². The predicted octanol–water partition coefficient (Wildman–Crippen LogP) is 4.70. The van der Waals surface area contributed by atoms with E-state index in [1.54, 1.807) is 43.0 Å². The van der Waals surface area contributed by atoms with E-state index < -0.39 is 0 Å². The number of ether oxygens (including phenoxy) is 1. The summed E-state index contributed by atoms with van der Waals surface area (Å²) >= 11 is 1.55. The maximum Gasteiger partial charge on any atom is 0.263 e. The van der Waals surface area contributed by atoms with Crippen molar-refractivity contribution >= 4 is 23.2 Å². The van der Waals surface area contributed by atoms with E-state index >= 15 is 0 Å². The number of benzene rings is 1. The molecule has 6 nitrogen and oxygen atoms in total. The summed E-state index contributed by atoms with van der Waals surface area (Å²) in [5.41, 5.74) is 1.71. The van der Waals surface area contributed by atoms with Gasteiger partial charge in [-0.15, -0.1) is 11.3 Å². The van der Waals surface area contributed by atoms with E-state index in [-0.39, 0.29) is 23.8 Å². The molecule has 1 unspecified atom stereocenters. The van der Waals surface area contributed by atoms with Gasteiger partial charge in [-0.05, 0) is 74.1 Å². The number of likely N-dealkylation sites (N-methyl/N-ethyl adjacent to an activating group) is 1. The number of likely N-dealkylation sites (tertiary alicyclic amines) is 1. The van der Waals surface area contributed by atoms with Crippen LogP contribution in [0.2, 0.25) is 0 Å². The number of rotatable bonds is 7. The van der Waals surface area contributed by atoms with Gasteiger partial charge in [0.05, 0.1) is 17.6 Å². The number of amides is 2. The number of aromatic nitrogens is 1. The predicted molar refractivity (Wildman–Crippen MR) is 134 cm³/mol. The van der Waals surface area contributed by atoms with Crippen molar-refractivity contribution in [2.75, 3.05) is 27.2 Å². The van der Waals surface area contributed by atoms with Crippen LogP contribution in [0, 0.1) is 12.8 Å². The van der Waals surface area contributed by atoms with E-state index in [0.717, 1.165) is 40.3 Å². The highest BCUT2D eigenvalue weighted by Crippen LogP contribution is 2.29. The lowest BCUT2D eigenvalue weighted by molar-refractivity contribution is 0.0524. The Bertz CT molecular complexity index is 1120. The second kappa shape index (κ2) is 10.8. The highest BCUT2D eigenvalue weighted by atomic mass is 32.1. The van der Waals surface area contributed by atoms with E-state index in [9.17, 15) is 9.59 Å². The van der Waals surface area contributed by atoms with Crippen LogP contribution in [0.5, 0.6) is 5.75 Å². The van der Waals surface area contributed by atoms with Gasteiger partial charge in [0.1, 0.15) is 5.75 Å². The Morgan fingerprint density at radius 3 is 2.62 bits per heavy atom. The molecule has 1 aliphatic heterocycles. The van der Waals surface area contributed by atoms with Crippen molar-refractivity contribution < 1.29 is 14.3 Å². The third-order valence-electron chi connectivity index (χ3n) is 6.63. The van der Waals surface area contributed by atoms with Crippen LogP contribution in [0.3, 0.4) is 0 Å². The van der Waals surface area contributed by atoms with Gasteiger partial charge in [0.25, 0.3) is 11.8 Å². The summed E-state index contributed by atoms with van der Waals surface area (Å²) in [7, 11) is 3.54. The number of thiophene rings is 1. The summed E-state index contributed by atoms with van der Waals surface area (Å²) in [4.78, 5) is 36.1. The first kappa shape index (κ1) is 24.0. The lowest BCUT2D eigenvalue weighted by Gasteiger charge is -2.40. The van der Waals surface area contributed by atoms with Crippen LogP contribution in [0.1, 0.15) is 43.3 Å². The Labute approximate surface area is 205 Å². The van der Waals surface area contributed by atoms with Gasteiger partial charge in [-0.2, -0.15) is 0 Å². The summed E-state index contributed by atoms with van der Waals surface area (Å²) < 4.78 is 5.41. The first-order valence-electron chi connectivity index (χ1n) is 11.6. The summed E-state index contributed by atoms with van der Waals surface area (Å²) in [6.07, 6.45) is 5.73. The van der Waals surface area contributed by atoms with Crippen molar-refractivity contribution in [2.45, 2.75) is 32.2 Å². The average molecular weight is 478 g/mol. The second-order valence-corrected chi connectivity index (χ2v) is 10.1. The maximum atomic E-state index is 13.3. The van der Waals surface area contributed by atoms with Gasteiger partial charge in [0, 0.05) is 43.4 Å². The Kier molecular flexibility index (Phi) is 7.63. The number of methoxy groups -OCH3 is 1. The molecule has 34 heavy (non-hydrogen) atoms. The molecule has 1 atom stereocenters. The van der Waals surface area contributed by atoms with Crippen LogP contribution >= 0.6 is 11.3 Å². The van der Waals surface area contributed by atoms with Gasteiger partial charge in [-0.1, -0.05) is 12.1 Å². The third-order valence-corrected chi connectivity index (χ3v) is 7.62. The van der Waals surface area contributed by atoms with Gasteiger partial charge in [-0.3, -0.25) is 14.6 Å². The van der Waals surface area contributed by atoms with Crippen LogP contribution in [0.15, 0.2) is 60.9 Å². The molecule has 0 N–H and O–H groups in total. The van der Waals surface area contributed by atoms with Gasteiger partial charge in [0.2, 0.25) is 0 Å². The Hall–Kier alpha value is -3.19. The molecule has 0 radical (unpaired) electrons. The van der Waals surface area contributed by atoms with Gasteiger partial charge >= 0.3 is 0 Å². The van der Waals surface area contributed by atoms with Gasteiger partial charge < -0.3 is 14.5 Å². The fourth-order valence-electron chi connectivity index (χ4n) is 4.70. The molecule has 3 heterocycles. The van der Waals surface area contributed by atoms with Crippen LogP contribution < -0.4 is 4.74 Å². The lowest BCUT2D eigenvalue weighted by atomic mass is 9.84. The topological polar surface area (TPSA) is 62.7 Å². The number of carbonyl (C=O) groups excluding carboxylic acids is 2. The second-order valence-electron chi connectivity index (χ2n) is 8.82. The summed E-state index contributed by atoms with van der Waals surface area (Å²) in [5.74, 6) is 1.17. The molecule has 0 saturated carbocycles. The minimum absolute atomic E-state index is 0.000969. The number of hydrogen-bond donors (Lipinski definition) is 0. The molecule has 2 amide bonds. The first-order valence-corrected chi connectivity index (χ1v) is 12.4. The maximum absolute atomic E-state index is 13.3. The molecule has 4 rings (SSSR count). The molecule has 0 bridgehead atoms. The van der Waals surface area contributed by atoms with Crippen molar-refractivity contribution in [2.24, 2.45) is 5.92 Å². The fourth-order valence-corrected chi connectivity index (χ4v) is 5.53. The molecule has 7 heteroatoms. The highest BCUT2D eigenvalue weighted by molar-refractivity contribution is 7.13. The molecule has 0 aliphatic carbocycles. The smallest absolute Gasteiger partial charge is 0.263 e. The van der Waals surface area contributed by atoms with Gasteiger partial charge in [-0.25, -0.2) is 0 Å². The molecule has 3 aromatic rings. The quantitative estimate of drug-likeness (QED) is 0.495. The zero-order valence-corrected chi connectivity index (χ0v) is 20.8. The van der Waals surface area contributed by atoms with Crippen LogP contribution in [0.4, 0.5) is 0 Å².